The topological polar surface area (TPSA) is 97.5 Å². The molecule has 6 nitrogen and oxygen atoms in total. The van der Waals surface area contributed by atoms with Crippen LogP contribution < -0.4 is 15.9 Å². The van der Waals surface area contributed by atoms with Crippen molar-refractivity contribution in [2.45, 2.75) is 6.18 Å². The number of ketones is 1. The van der Waals surface area contributed by atoms with Gasteiger partial charge in [0.15, 0.2) is 0 Å². The van der Waals surface area contributed by atoms with Crippen LogP contribution in [-0.4, -0.2) is 30.8 Å². The Morgan fingerprint density at radius 2 is 1.05 bits per heavy atom. The number of Topliss-reactive ketones (excluding diaryl/α,β-unsaturated/α-hetero) is 1. The number of carbonyl (C=O) groups is 2. The maximum absolute atomic E-state index is 13.9. The van der Waals surface area contributed by atoms with Crippen LogP contribution >= 0.6 is 6.89 Å². The molecule has 0 radical (unpaired) electrons. The van der Waals surface area contributed by atoms with Gasteiger partial charge in [-0.3, -0.25) is 0 Å². The van der Waals surface area contributed by atoms with Crippen molar-refractivity contribution in [3.05, 3.63) is 131 Å². The Kier molecular flexibility index (Phi) is 10.00. The number of nitrogens with zero attached hydrogens (tertiary/aromatic N) is 1. The predicted molar refractivity (Wildman–Crippen MR) is 141 cm³/mol. The second-order valence-electron chi connectivity index (χ2n) is 8.06. The molecular formula is C28H20F3HgNO5P. The Morgan fingerprint density at radius 3 is 1.33 bits per heavy atom. The standard InChI is InChI=1S/C26H19NO3P.C2HF3O2.Hg/c28-26(21-16-18-22(19-17-21)27(29)30)20-31(23-10-4-1-5-11-23,24-12-6-2-7-13-24)25-14-8-3-9-15-25;3-2(4,5)1(6)7;/h1-19H;(H,6,7);. The van der Waals surface area contributed by atoms with Gasteiger partial charge in [0.05, 0.1) is 0 Å². The minimum absolute atomic E-state index is 0.00257. The number of alkyl halides is 3. The quantitative estimate of drug-likeness (QED) is 0.0980. The van der Waals surface area contributed by atoms with Gasteiger partial charge in [0.2, 0.25) is 0 Å². The first-order valence-corrected chi connectivity index (χ1v) is 15.9. The Bertz CT molecular complexity index is 1410. The molecule has 11 heteroatoms. The molecule has 195 valence electrons. The molecule has 4 rings (SSSR count). The number of hydrogen-bond donors (Lipinski definition) is 1. The number of carboxylic acids is 1. The molecule has 0 saturated carbocycles. The van der Waals surface area contributed by atoms with Gasteiger partial charge >= 0.3 is 216 Å². The molecule has 1 N–H and O–H groups in total. The van der Waals surface area contributed by atoms with Crippen LogP contribution in [0.1, 0.15) is 10.4 Å². The van der Waals surface area contributed by atoms with E-state index in [2.05, 4.69) is 36.4 Å². The maximum atomic E-state index is 13.9. The average molecular weight is 739 g/mol. The molecule has 0 aliphatic heterocycles. The SMILES string of the molecule is O=C(O)C(F)(F)F.O=C([C]([Hg])=P(c1ccccc1)(c1ccccc1)c1ccccc1)c1ccc([N+](=O)[O-])cc1. The van der Waals surface area contributed by atoms with Gasteiger partial charge in [0.25, 0.3) is 0 Å². The fraction of sp³-hybridized carbons (Fsp3) is 0.0357. The van der Waals surface area contributed by atoms with Crippen molar-refractivity contribution in [2.24, 2.45) is 0 Å². The Hall–Kier alpha value is -3.55. The van der Waals surface area contributed by atoms with E-state index in [1.807, 2.05) is 54.6 Å². The fourth-order valence-electron chi connectivity index (χ4n) is 3.92. The number of carbonyl (C=O) groups excluding carboxylic acids is 1. The number of nitro groups is 1. The zero-order valence-electron chi connectivity index (χ0n) is 20.3. The van der Waals surface area contributed by atoms with E-state index in [9.17, 15) is 28.1 Å². The van der Waals surface area contributed by atoms with Crippen molar-refractivity contribution in [3.63, 3.8) is 0 Å². The summed E-state index contributed by atoms with van der Waals surface area (Å²) in [6.45, 7) is -2.38. The van der Waals surface area contributed by atoms with Crippen LogP contribution in [0.4, 0.5) is 18.9 Å². The van der Waals surface area contributed by atoms with Gasteiger partial charge in [-0.25, -0.2) is 4.79 Å². The first-order valence-electron chi connectivity index (χ1n) is 11.3. The molecule has 0 aliphatic carbocycles. The molecule has 0 spiro atoms. The number of benzene rings is 4. The van der Waals surface area contributed by atoms with Crippen LogP contribution in [-0.2, 0) is 30.9 Å². The summed E-state index contributed by atoms with van der Waals surface area (Å²) in [6.07, 6.45) is -5.08. The van der Waals surface area contributed by atoms with E-state index >= 15 is 0 Å². The summed E-state index contributed by atoms with van der Waals surface area (Å²) in [6, 6.07) is 36.7. The van der Waals surface area contributed by atoms with Crippen molar-refractivity contribution in [3.8, 4) is 0 Å². The summed E-state index contributed by atoms with van der Waals surface area (Å²) >= 11 is 0.00257. The molecule has 4 aromatic carbocycles. The van der Waals surface area contributed by atoms with Gasteiger partial charge in [0.1, 0.15) is 0 Å². The van der Waals surface area contributed by atoms with Crippen LogP contribution in [0.5, 0.6) is 0 Å². The molecule has 39 heavy (non-hydrogen) atoms. The summed E-state index contributed by atoms with van der Waals surface area (Å²) in [4.78, 5) is 33.4. The Balaban J connectivity index is 0.000000532. The Labute approximate surface area is 238 Å². The summed E-state index contributed by atoms with van der Waals surface area (Å²) in [5.74, 6) is -2.78. The third-order valence-corrected chi connectivity index (χ3v) is 16.7. The summed E-state index contributed by atoms with van der Waals surface area (Å²) in [7, 11) is 0. The number of non-ortho nitro benzene ring substituents is 1. The molecule has 0 heterocycles. The monoisotopic (exact) mass is 740 g/mol. The van der Waals surface area contributed by atoms with E-state index in [-0.39, 0.29) is 37.6 Å². The van der Waals surface area contributed by atoms with Crippen LogP contribution in [0, 0.1) is 10.1 Å². The summed E-state index contributed by atoms with van der Waals surface area (Å²) in [5.41, 5.74) is 0.476. The van der Waals surface area contributed by atoms with Gasteiger partial charge in [-0.2, -0.15) is 13.2 Å². The van der Waals surface area contributed by atoms with Gasteiger partial charge in [0, 0.05) is 0 Å². The predicted octanol–water partition coefficient (Wildman–Crippen LogP) is 5.08. The number of halogens is 3. The van der Waals surface area contributed by atoms with E-state index in [0.29, 0.717) is 5.56 Å². The van der Waals surface area contributed by atoms with Crippen molar-refractivity contribution in [2.75, 3.05) is 0 Å². The number of nitro benzene ring substituents is 1. The van der Waals surface area contributed by atoms with Crippen molar-refractivity contribution < 1.29 is 58.9 Å². The minimum atomic E-state index is -5.08. The van der Waals surface area contributed by atoms with E-state index < -0.39 is 24.0 Å². The Morgan fingerprint density at radius 1 is 0.718 bits per heavy atom. The van der Waals surface area contributed by atoms with E-state index in [4.69, 9.17) is 9.90 Å². The third-order valence-electron chi connectivity index (χ3n) is 5.68. The normalized spacial score (nSPS) is 11.1. The van der Waals surface area contributed by atoms with Gasteiger partial charge < -0.3 is 5.11 Å². The van der Waals surface area contributed by atoms with Crippen LogP contribution in [0.25, 0.3) is 0 Å². The van der Waals surface area contributed by atoms with Crippen LogP contribution in [0.3, 0.4) is 0 Å². The number of carboxylic acid groups (broad SMARTS) is 1. The molecule has 0 bridgehead atoms. The number of aliphatic carboxylic acids is 1. The molecule has 4 aromatic rings. The molecule has 0 aromatic heterocycles. The molecule has 0 amide bonds. The van der Waals surface area contributed by atoms with E-state index in [0.717, 1.165) is 18.7 Å². The third kappa shape index (κ3) is 6.91. The van der Waals surface area contributed by atoms with Gasteiger partial charge in [-0.1, -0.05) is 0 Å². The molecule has 0 saturated heterocycles. The van der Waals surface area contributed by atoms with Gasteiger partial charge in [-0.05, 0) is 0 Å². The van der Waals surface area contributed by atoms with Crippen LogP contribution in [0.2, 0.25) is 0 Å². The summed E-state index contributed by atoms with van der Waals surface area (Å²) < 4.78 is 32.7. The van der Waals surface area contributed by atoms with Crippen molar-refractivity contribution in [1.82, 2.24) is 0 Å². The fourth-order valence-corrected chi connectivity index (χ4v) is 15.2. The zero-order valence-corrected chi connectivity index (χ0v) is 26.7. The molecule has 0 unspecified atom stereocenters. The van der Waals surface area contributed by atoms with E-state index in [1.54, 1.807) is 12.1 Å². The molecular weight excluding hydrogens is 719 g/mol. The van der Waals surface area contributed by atoms with Crippen molar-refractivity contribution in [1.29, 1.82) is 0 Å². The second kappa shape index (κ2) is 13.0. The van der Waals surface area contributed by atoms with E-state index in [1.165, 1.54) is 12.1 Å². The first-order chi connectivity index (χ1) is 18.5. The van der Waals surface area contributed by atoms with Gasteiger partial charge in [-0.15, -0.1) is 0 Å². The summed E-state index contributed by atoms with van der Waals surface area (Å²) in [5, 5.41) is 21.6. The first kappa shape index (κ1) is 30.0. The molecule has 0 fully saturated rings. The average Bonchev–Trinajstić information content (AvgIpc) is 2.94. The second-order valence-corrected chi connectivity index (χ2v) is 16.6. The molecule has 0 atom stereocenters. The number of hydrogen-bond acceptors (Lipinski definition) is 4. The van der Waals surface area contributed by atoms with Crippen molar-refractivity contribution >= 4 is 43.0 Å². The molecule has 0 aliphatic rings. The number of rotatable bonds is 6. The van der Waals surface area contributed by atoms with Crippen LogP contribution in [0.15, 0.2) is 115 Å². The zero-order chi connectivity index (χ0) is 28.6.